The van der Waals surface area contributed by atoms with Crippen molar-refractivity contribution in [1.82, 2.24) is 0 Å². The normalized spacial score (nSPS) is 15.2. The molecule has 11 aromatic carbocycles. The highest BCUT2D eigenvalue weighted by Crippen LogP contribution is 2.59. The van der Waals surface area contributed by atoms with Crippen LogP contribution in [0.25, 0.3) is 88.4 Å². The van der Waals surface area contributed by atoms with Gasteiger partial charge in [-0.2, -0.15) is 0 Å². The van der Waals surface area contributed by atoms with Crippen molar-refractivity contribution in [3.05, 3.63) is 282 Å². The predicted octanol–water partition coefficient (Wildman–Crippen LogP) is 19.0. The van der Waals surface area contributed by atoms with Crippen LogP contribution in [0.15, 0.2) is 258 Å². The molecule has 0 aliphatic heterocycles. The standard InChI is InChI=1S/C70H47NO2/c1-69(2)57-30-12-7-26-54(57)67-52(28-18-32-59(67)69)49-23-8-14-33-61(49)71(62-34-15-9-24-50(62)53-29-19-37-66-68(53)55-27-11-17-36-64(55)73-66)46-39-40-48-47-22-6-13-31-58(47)70(60(48)43-46,44-20-4-3-5-21-44)45-38-41-65-56(42-45)51-25-10-16-35-63(51)72-65/h3-43H,1-2H3. The molecule has 15 rings (SSSR count). The Morgan fingerprint density at radius 2 is 0.849 bits per heavy atom. The molecule has 0 saturated heterocycles. The van der Waals surface area contributed by atoms with Gasteiger partial charge in [0.25, 0.3) is 0 Å². The highest BCUT2D eigenvalue weighted by molar-refractivity contribution is 6.14. The molecule has 2 aliphatic rings. The van der Waals surface area contributed by atoms with E-state index in [1.807, 2.05) is 12.1 Å². The molecular weight excluding hydrogens is 887 g/mol. The average Bonchev–Trinajstić information content (AvgIpc) is 4.17. The number of anilines is 3. The van der Waals surface area contributed by atoms with Crippen LogP contribution in [0.1, 0.15) is 47.2 Å². The number of nitrogens with zero attached hydrogens (tertiary/aromatic N) is 1. The van der Waals surface area contributed by atoms with Gasteiger partial charge >= 0.3 is 0 Å². The van der Waals surface area contributed by atoms with E-state index in [0.29, 0.717) is 0 Å². The first-order valence-electron chi connectivity index (χ1n) is 25.3. The van der Waals surface area contributed by atoms with E-state index < -0.39 is 5.41 Å². The zero-order chi connectivity index (χ0) is 48.4. The third-order valence-electron chi connectivity index (χ3n) is 16.2. The largest absolute Gasteiger partial charge is 0.456 e. The van der Waals surface area contributed by atoms with Crippen molar-refractivity contribution in [2.45, 2.75) is 24.7 Å². The smallest absolute Gasteiger partial charge is 0.136 e. The Hall–Kier alpha value is -9.18. The monoisotopic (exact) mass is 933 g/mol. The van der Waals surface area contributed by atoms with E-state index in [1.54, 1.807) is 0 Å². The summed E-state index contributed by atoms with van der Waals surface area (Å²) in [6.07, 6.45) is 0. The van der Waals surface area contributed by atoms with Gasteiger partial charge in [0.1, 0.15) is 22.3 Å². The lowest BCUT2D eigenvalue weighted by Crippen LogP contribution is -2.28. The Balaban J connectivity index is 1.04. The van der Waals surface area contributed by atoms with Crippen LogP contribution in [0.3, 0.4) is 0 Å². The van der Waals surface area contributed by atoms with Gasteiger partial charge in [0.05, 0.1) is 16.8 Å². The summed E-state index contributed by atoms with van der Waals surface area (Å²) in [7, 11) is 0. The second-order valence-corrected chi connectivity index (χ2v) is 20.2. The number of fused-ring (bicyclic) bond motifs is 12. The van der Waals surface area contributed by atoms with E-state index in [9.17, 15) is 0 Å². The Kier molecular flexibility index (Phi) is 8.92. The summed E-state index contributed by atoms with van der Waals surface area (Å²) in [5.74, 6) is 0. The summed E-state index contributed by atoms with van der Waals surface area (Å²) in [6.45, 7) is 4.73. The van der Waals surface area contributed by atoms with Gasteiger partial charge in [-0.1, -0.05) is 208 Å². The first kappa shape index (κ1) is 41.6. The van der Waals surface area contributed by atoms with Gasteiger partial charge < -0.3 is 13.7 Å². The molecule has 0 saturated carbocycles. The van der Waals surface area contributed by atoms with Crippen LogP contribution in [0, 0.1) is 0 Å². The molecule has 13 aromatic rings. The first-order chi connectivity index (χ1) is 36.0. The zero-order valence-electron chi connectivity index (χ0n) is 40.4. The highest BCUT2D eigenvalue weighted by atomic mass is 16.3. The molecule has 0 spiro atoms. The SMILES string of the molecule is CC1(C)c2ccccc2-c2c(-c3ccccc3N(c3ccc4c(c3)C(c3ccccc3)(c3ccc5oc6ccccc6c5c3)c3ccccc3-4)c3ccccc3-c3cccc4oc5ccccc5c34)cccc21. The third-order valence-corrected chi connectivity index (χ3v) is 16.2. The lowest BCUT2D eigenvalue weighted by molar-refractivity contribution is 0.660. The van der Waals surface area contributed by atoms with Crippen molar-refractivity contribution >= 4 is 60.9 Å². The van der Waals surface area contributed by atoms with Crippen LogP contribution in [-0.4, -0.2) is 0 Å². The third kappa shape index (κ3) is 5.88. The lowest BCUT2D eigenvalue weighted by atomic mass is 9.67. The van der Waals surface area contributed by atoms with Gasteiger partial charge in [0.15, 0.2) is 0 Å². The van der Waals surface area contributed by atoms with Crippen molar-refractivity contribution in [2.75, 3.05) is 4.90 Å². The van der Waals surface area contributed by atoms with Crippen LogP contribution < -0.4 is 4.90 Å². The molecule has 0 fully saturated rings. The van der Waals surface area contributed by atoms with Gasteiger partial charge in [-0.05, 0) is 121 Å². The summed E-state index contributed by atoms with van der Waals surface area (Å²) >= 11 is 0. The summed E-state index contributed by atoms with van der Waals surface area (Å²) in [5, 5.41) is 4.42. The number of furan rings is 2. The van der Waals surface area contributed by atoms with E-state index >= 15 is 0 Å². The molecule has 0 N–H and O–H groups in total. The molecule has 3 heteroatoms. The summed E-state index contributed by atoms with van der Waals surface area (Å²) in [5.41, 5.74) is 23.1. The summed E-state index contributed by atoms with van der Waals surface area (Å²) < 4.78 is 13.0. The number of para-hydroxylation sites is 4. The molecule has 1 unspecified atom stereocenters. The van der Waals surface area contributed by atoms with Crippen LogP contribution in [0.5, 0.6) is 0 Å². The van der Waals surface area contributed by atoms with Crippen molar-refractivity contribution < 1.29 is 8.83 Å². The minimum Gasteiger partial charge on any atom is -0.456 e. The van der Waals surface area contributed by atoms with Crippen molar-refractivity contribution in [2.24, 2.45) is 0 Å². The Bertz CT molecular complexity index is 4380. The number of hydrogen-bond acceptors (Lipinski definition) is 3. The minimum absolute atomic E-state index is 0.156. The molecular formula is C70H47NO2. The van der Waals surface area contributed by atoms with Crippen LogP contribution in [0.4, 0.5) is 17.1 Å². The maximum Gasteiger partial charge on any atom is 0.136 e. The lowest BCUT2D eigenvalue weighted by Gasteiger charge is -2.35. The maximum absolute atomic E-state index is 6.56. The van der Waals surface area contributed by atoms with Crippen molar-refractivity contribution in [1.29, 1.82) is 0 Å². The molecule has 1 atom stereocenters. The summed E-state index contributed by atoms with van der Waals surface area (Å²) in [4.78, 5) is 2.53. The number of benzene rings is 11. The second kappa shape index (κ2) is 15.7. The maximum atomic E-state index is 6.56. The molecule has 2 heterocycles. The Labute approximate surface area is 423 Å². The Morgan fingerprint density at radius 1 is 0.315 bits per heavy atom. The minimum atomic E-state index is -0.683. The van der Waals surface area contributed by atoms with E-state index in [0.717, 1.165) is 77.6 Å². The van der Waals surface area contributed by atoms with Gasteiger partial charge in [-0.15, -0.1) is 0 Å². The van der Waals surface area contributed by atoms with Gasteiger partial charge in [-0.25, -0.2) is 0 Å². The quantitative estimate of drug-likeness (QED) is 0.159. The zero-order valence-corrected chi connectivity index (χ0v) is 40.4. The molecule has 344 valence electrons. The second-order valence-electron chi connectivity index (χ2n) is 20.2. The topological polar surface area (TPSA) is 29.5 Å². The predicted molar refractivity (Wildman–Crippen MR) is 301 cm³/mol. The fourth-order valence-electron chi connectivity index (χ4n) is 13.0. The average molecular weight is 934 g/mol. The molecule has 0 bridgehead atoms. The van der Waals surface area contributed by atoms with Crippen LogP contribution >= 0.6 is 0 Å². The van der Waals surface area contributed by atoms with Gasteiger partial charge in [0.2, 0.25) is 0 Å². The van der Waals surface area contributed by atoms with E-state index in [1.165, 1.54) is 61.2 Å². The van der Waals surface area contributed by atoms with E-state index in [-0.39, 0.29) is 5.41 Å². The first-order valence-corrected chi connectivity index (χ1v) is 25.3. The molecule has 3 nitrogen and oxygen atoms in total. The number of hydrogen-bond donors (Lipinski definition) is 0. The molecule has 2 aromatic heterocycles. The fourth-order valence-corrected chi connectivity index (χ4v) is 13.0. The highest BCUT2D eigenvalue weighted by Gasteiger charge is 2.47. The summed E-state index contributed by atoms with van der Waals surface area (Å²) in [6, 6.07) is 91.3. The Morgan fingerprint density at radius 3 is 1.64 bits per heavy atom. The van der Waals surface area contributed by atoms with Gasteiger partial charge in [-0.3, -0.25) is 0 Å². The van der Waals surface area contributed by atoms with Crippen molar-refractivity contribution in [3.8, 4) is 44.5 Å². The number of rotatable bonds is 7. The van der Waals surface area contributed by atoms with Crippen molar-refractivity contribution in [3.63, 3.8) is 0 Å². The van der Waals surface area contributed by atoms with Gasteiger partial charge in [0, 0.05) is 43.8 Å². The fraction of sp³-hybridized carbons (Fsp3) is 0.0571. The van der Waals surface area contributed by atoms with E-state index in [2.05, 4.69) is 255 Å². The molecule has 73 heavy (non-hydrogen) atoms. The van der Waals surface area contributed by atoms with E-state index in [4.69, 9.17) is 8.83 Å². The molecule has 0 amide bonds. The van der Waals surface area contributed by atoms with Crippen LogP contribution in [-0.2, 0) is 10.8 Å². The molecule has 0 radical (unpaired) electrons. The van der Waals surface area contributed by atoms with Crippen LogP contribution in [0.2, 0.25) is 0 Å². The molecule has 2 aliphatic carbocycles.